The van der Waals surface area contributed by atoms with Crippen LogP contribution in [0.1, 0.15) is 11.3 Å². The molecule has 3 N–H and O–H groups in total. The molecule has 4 aromatic rings. The number of anilines is 3. The standard InChI is InChI=1S/C21H18ClN7/c1-12-5-4-8-15-17(12)29-18(13-6-2-3-7-14(13)22)16(28-15)9-23-20-19-21(25-10-24-19)27-11-26-20/h2-8,11,24H,9-10H2,1H3,(H2,23,25,26,27). The van der Waals surface area contributed by atoms with E-state index in [0.717, 1.165) is 50.9 Å². The van der Waals surface area contributed by atoms with Crippen molar-refractivity contribution in [3.05, 3.63) is 65.1 Å². The summed E-state index contributed by atoms with van der Waals surface area (Å²) in [5.74, 6) is 1.50. The molecule has 144 valence electrons. The van der Waals surface area contributed by atoms with Crippen LogP contribution in [-0.4, -0.2) is 26.6 Å². The van der Waals surface area contributed by atoms with Crippen molar-refractivity contribution in [3.63, 3.8) is 0 Å². The number of fused-ring (bicyclic) bond motifs is 2. The third-order valence-electron chi connectivity index (χ3n) is 4.89. The molecule has 0 aliphatic carbocycles. The molecular weight excluding hydrogens is 386 g/mol. The number of nitrogens with one attached hydrogen (secondary N) is 3. The van der Waals surface area contributed by atoms with Gasteiger partial charge in [0.05, 0.1) is 40.7 Å². The van der Waals surface area contributed by atoms with Crippen molar-refractivity contribution in [3.8, 4) is 11.3 Å². The Morgan fingerprint density at radius 1 is 1.03 bits per heavy atom. The van der Waals surface area contributed by atoms with E-state index < -0.39 is 0 Å². The van der Waals surface area contributed by atoms with Gasteiger partial charge in [0, 0.05) is 5.56 Å². The van der Waals surface area contributed by atoms with Crippen molar-refractivity contribution in [2.24, 2.45) is 0 Å². The molecule has 0 atom stereocenters. The summed E-state index contributed by atoms with van der Waals surface area (Å²) in [5.41, 5.74) is 6.08. The molecule has 0 radical (unpaired) electrons. The number of halogens is 1. The molecule has 8 heteroatoms. The molecule has 7 nitrogen and oxygen atoms in total. The lowest BCUT2D eigenvalue weighted by Gasteiger charge is -2.14. The van der Waals surface area contributed by atoms with Gasteiger partial charge in [-0.25, -0.2) is 19.9 Å². The van der Waals surface area contributed by atoms with E-state index in [9.17, 15) is 0 Å². The van der Waals surface area contributed by atoms with Crippen LogP contribution in [0.15, 0.2) is 48.8 Å². The highest BCUT2D eigenvalue weighted by atomic mass is 35.5. The van der Waals surface area contributed by atoms with Crippen molar-refractivity contribution in [1.29, 1.82) is 0 Å². The fraction of sp³-hybridized carbons (Fsp3) is 0.143. The van der Waals surface area contributed by atoms with Crippen LogP contribution in [0.4, 0.5) is 17.3 Å². The third kappa shape index (κ3) is 3.19. The van der Waals surface area contributed by atoms with Crippen molar-refractivity contribution < 1.29 is 0 Å². The van der Waals surface area contributed by atoms with Crippen LogP contribution in [0.3, 0.4) is 0 Å². The number of para-hydroxylation sites is 1. The van der Waals surface area contributed by atoms with Gasteiger partial charge in [0.25, 0.3) is 0 Å². The minimum Gasteiger partial charge on any atom is -0.362 e. The molecule has 1 aliphatic rings. The van der Waals surface area contributed by atoms with Crippen LogP contribution in [0.2, 0.25) is 5.02 Å². The van der Waals surface area contributed by atoms with Crippen molar-refractivity contribution in [1.82, 2.24) is 19.9 Å². The van der Waals surface area contributed by atoms with Gasteiger partial charge in [0.15, 0.2) is 11.6 Å². The summed E-state index contributed by atoms with van der Waals surface area (Å²) in [6.07, 6.45) is 1.53. The Balaban J connectivity index is 1.60. The van der Waals surface area contributed by atoms with Gasteiger partial charge in [-0.05, 0) is 24.6 Å². The molecule has 0 unspecified atom stereocenters. The van der Waals surface area contributed by atoms with Crippen molar-refractivity contribution in [2.45, 2.75) is 13.5 Å². The number of rotatable bonds is 4. The minimum atomic E-state index is 0.447. The molecule has 0 saturated heterocycles. The first-order valence-corrected chi connectivity index (χ1v) is 9.66. The van der Waals surface area contributed by atoms with E-state index in [4.69, 9.17) is 21.6 Å². The monoisotopic (exact) mass is 403 g/mol. The topological polar surface area (TPSA) is 87.7 Å². The van der Waals surface area contributed by atoms with Gasteiger partial charge < -0.3 is 16.0 Å². The number of hydrogen-bond acceptors (Lipinski definition) is 7. The Bertz CT molecular complexity index is 1230. The zero-order valence-corrected chi connectivity index (χ0v) is 16.5. The first kappa shape index (κ1) is 17.6. The van der Waals surface area contributed by atoms with Crippen LogP contribution in [0, 0.1) is 6.92 Å². The molecule has 3 heterocycles. The van der Waals surface area contributed by atoms with Crippen LogP contribution in [-0.2, 0) is 6.54 Å². The second-order valence-electron chi connectivity index (χ2n) is 6.77. The lowest BCUT2D eigenvalue weighted by molar-refractivity contribution is 1.02. The average Bonchev–Trinajstić information content (AvgIpc) is 3.22. The largest absolute Gasteiger partial charge is 0.362 e. The van der Waals surface area contributed by atoms with Crippen LogP contribution in [0.5, 0.6) is 0 Å². The lowest BCUT2D eigenvalue weighted by atomic mass is 10.1. The van der Waals surface area contributed by atoms with Gasteiger partial charge in [-0.2, -0.15) is 0 Å². The Hall–Kier alpha value is -3.45. The van der Waals surface area contributed by atoms with E-state index >= 15 is 0 Å². The molecule has 0 fully saturated rings. The minimum absolute atomic E-state index is 0.447. The van der Waals surface area contributed by atoms with E-state index in [1.807, 2.05) is 49.4 Å². The van der Waals surface area contributed by atoms with Gasteiger partial charge in [-0.15, -0.1) is 0 Å². The van der Waals surface area contributed by atoms with E-state index in [0.29, 0.717) is 18.2 Å². The van der Waals surface area contributed by atoms with Gasteiger partial charge in [0.1, 0.15) is 12.0 Å². The van der Waals surface area contributed by atoms with Crippen LogP contribution < -0.4 is 16.0 Å². The fourth-order valence-electron chi connectivity index (χ4n) is 3.45. The Labute approximate surface area is 172 Å². The predicted molar refractivity (Wildman–Crippen MR) is 116 cm³/mol. The quantitative estimate of drug-likeness (QED) is 0.463. The summed E-state index contributed by atoms with van der Waals surface area (Å²) in [5, 5.41) is 10.4. The smallest absolute Gasteiger partial charge is 0.156 e. The first-order chi connectivity index (χ1) is 14.2. The highest BCUT2D eigenvalue weighted by Gasteiger charge is 2.18. The van der Waals surface area contributed by atoms with Crippen LogP contribution >= 0.6 is 11.6 Å². The molecule has 0 amide bonds. The summed E-state index contributed by atoms with van der Waals surface area (Å²) in [6.45, 7) is 3.11. The number of nitrogens with zero attached hydrogens (tertiary/aromatic N) is 4. The molecule has 5 rings (SSSR count). The molecule has 2 aromatic carbocycles. The number of aromatic nitrogens is 4. The summed E-state index contributed by atoms with van der Waals surface area (Å²) >= 11 is 6.49. The zero-order valence-electron chi connectivity index (χ0n) is 15.7. The molecule has 0 bridgehead atoms. The second kappa shape index (κ2) is 7.18. The highest BCUT2D eigenvalue weighted by molar-refractivity contribution is 6.33. The number of benzene rings is 2. The van der Waals surface area contributed by atoms with Gasteiger partial charge >= 0.3 is 0 Å². The molecule has 29 heavy (non-hydrogen) atoms. The summed E-state index contributed by atoms with van der Waals surface area (Å²) in [4.78, 5) is 18.4. The average molecular weight is 404 g/mol. The Kier molecular flexibility index (Phi) is 4.37. The maximum Gasteiger partial charge on any atom is 0.156 e. The zero-order chi connectivity index (χ0) is 19.8. The summed E-state index contributed by atoms with van der Waals surface area (Å²) in [7, 11) is 0. The Morgan fingerprint density at radius 2 is 1.93 bits per heavy atom. The predicted octanol–water partition coefficient (Wildman–Crippen LogP) is 4.46. The maximum atomic E-state index is 6.49. The summed E-state index contributed by atoms with van der Waals surface area (Å²) in [6, 6.07) is 13.7. The fourth-order valence-corrected chi connectivity index (χ4v) is 3.68. The highest BCUT2D eigenvalue weighted by Crippen LogP contribution is 2.33. The molecule has 0 spiro atoms. The van der Waals surface area contributed by atoms with Gasteiger partial charge in [-0.3, -0.25) is 0 Å². The van der Waals surface area contributed by atoms with E-state index in [-0.39, 0.29) is 0 Å². The molecular formula is C21H18ClN7. The second-order valence-corrected chi connectivity index (χ2v) is 7.18. The van der Waals surface area contributed by atoms with E-state index in [1.165, 1.54) is 6.33 Å². The lowest BCUT2D eigenvalue weighted by Crippen LogP contribution is -2.09. The number of aryl methyl sites for hydroxylation is 1. The molecule has 1 aliphatic heterocycles. The first-order valence-electron chi connectivity index (χ1n) is 9.28. The molecule has 2 aromatic heterocycles. The van der Waals surface area contributed by atoms with Crippen LogP contribution in [0.25, 0.3) is 22.3 Å². The van der Waals surface area contributed by atoms with Crippen molar-refractivity contribution >= 4 is 40.0 Å². The van der Waals surface area contributed by atoms with Crippen molar-refractivity contribution in [2.75, 3.05) is 22.6 Å². The normalized spacial score (nSPS) is 12.3. The SMILES string of the molecule is Cc1cccc2nc(CNc3ncnc4c3NCN4)c(-c3ccccc3Cl)nc12. The van der Waals surface area contributed by atoms with E-state index in [1.54, 1.807) is 0 Å². The Morgan fingerprint density at radius 3 is 2.83 bits per heavy atom. The van der Waals surface area contributed by atoms with E-state index in [2.05, 4.69) is 25.9 Å². The van der Waals surface area contributed by atoms with Gasteiger partial charge in [-0.1, -0.05) is 41.9 Å². The maximum absolute atomic E-state index is 6.49. The third-order valence-corrected chi connectivity index (χ3v) is 5.22. The number of hydrogen-bond donors (Lipinski definition) is 3. The molecule has 0 saturated carbocycles. The van der Waals surface area contributed by atoms with Gasteiger partial charge in [0.2, 0.25) is 0 Å². The summed E-state index contributed by atoms with van der Waals surface area (Å²) < 4.78 is 0.